The molecule has 14 heteroatoms. The molecule has 8 N–H and O–H groups in total. The molecule has 0 aliphatic carbocycles. The first-order valence-corrected chi connectivity index (χ1v) is 9.08. The second-order valence-corrected chi connectivity index (χ2v) is 6.44. The minimum absolute atomic E-state index is 0.0963. The maximum Gasteiger partial charge on any atom is 0.328 e. The molecule has 168 valence electrons. The molecule has 0 saturated carbocycles. The molecule has 1 aromatic rings. The van der Waals surface area contributed by atoms with Crippen molar-refractivity contribution in [1.82, 2.24) is 26.1 Å². The van der Waals surface area contributed by atoms with E-state index in [1.54, 1.807) is 6.92 Å². The fourth-order valence-electron chi connectivity index (χ4n) is 2.35. The van der Waals surface area contributed by atoms with Crippen LogP contribution in [0.4, 0.5) is 4.79 Å². The zero-order valence-corrected chi connectivity index (χ0v) is 16.5. The Balaban J connectivity index is 2.96. The molecule has 4 amide bonds. The second kappa shape index (κ2) is 11.7. The van der Waals surface area contributed by atoms with Gasteiger partial charge in [0, 0.05) is 6.42 Å². The molecular weight excluding hydrogens is 404 g/mol. The first-order valence-electron chi connectivity index (χ1n) is 9.08. The van der Waals surface area contributed by atoms with Crippen molar-refractivity contribution >= 4 is 23.8 Å². The monoisotopic (exact) mass is 430 g/mol. The normalized spacial score (nSPS) is 14.8. The van der Waals surface area contributed by atoms with E-state index in [4.69, 9.17) is 15.4 Å². The predicted molar refractivity (Wildman–Crippen MR) is 98.5 cm³/mol. The summed E-state index contributed by atoms with van der Waals surface area (Å²) in [5.41, 5.74) is 5.16. The van der Waals surface area contributed by atoms with Crippen LogP contribution in [0.1, 0.15) is 56.9 Å². The number of nitrogens with two attached hydrogens (primary N) is 1. The maximum atomic E-state index is 12.1. The SMILES string of the molecule is CCCC(=O)NC(CO)c1noc(C(CC(N)=O)NC(=O)NC(C(=O)O)C(C)O)n1. The van der Waals surface area contributed by atoms with Crippen molar-refractivity contribution in [1.29, 1.82) is 0 Å². The van der Waals surface area contributed by atoms with Gasteiger partial charge < -0.3 is 41.5 Å². The Morgan fingerprint density at radius 2 is 1.83 bits per heavy atom. The number of aliphatic carboxylic acids is 1. The van der Waals surface area contributed by atoms with Crippen LogP contribution in [0, 0.1) is 0 Å². The molecule has 4 unspecified atom stereocenters. The molecule has 0 radical (unpaired) electrons. The molecule has 1 aromatic heterocycles. The summed E-state index contributed by atoms with van der Waals surface area (Å²) in [6.07, 6.45) is -1.05. The number of primary amides is 1. The number of urea groups is 1. The van der Waals surface area contributed by atoms with E-state index in [1.165, 1.54) is 6.92 Å². The molecule has 30 heavy (non-hydrogen) atoms. The third kappa shape index (κ3) is 7.63. The Bertz CT molecular complexity index is 752. The maximum absolute atomic E-state index is 12.1. The first-order chi connectivity index (χ1) is 14.1. The van der Waals surface area contributed by atoms with Gasteiger partial charge >= 0.3 is 12.0 Å². The summed E-state index contributed by atoms with van der Waals surface area (Å²) >= 11 is 0. The van der Waals surface area contributed by atoms with Crippen LogP contribution in [0.15, 0.2) is 4.52 Å². The number of carbonyl (C=O) groups is 4. The lowest BCUT2D eigenvalue weighted by Gasteiger charge is -2.19. The lowest BCUT2D eigenvalue weighted by Crippen LogP contribution is -2.52. The van der Waals surface area contributed by atoms with Gasteiger partial charge in [-0.1, -0.05) is 12.1 Å². The van der Waals surface area contributed by atoms with Crippen LogP contribution in [-0.2, 0) is 14.4 Å². The molecule has 0 fully saturated rings. The van der Waals surface area contributed by atoms with E-state index in [0.717, 1.165) is 0 Å². The van der Waals surface area contributed by atoms with Crippen LogP contribution < -0.4 is 21.7 Å². The highest BCUT2D eigenvalue weighted by Gasteiger charge is 2.29. The Hall–Kier alpha value is -3.26. The average Bonchev–Trinajstić information content (AvgIpc) is 3.13. The van der Waals surface area contributed by atoms with E-state index in [-0.39, 0.29) is 24.0 Å². The molecule has 14 nitrogen and oxygen atoms in total. The van der Waals surface area contributed by atoms with Gasteiger partial charge in [0.05, 0.1) is 19.1 Å². The Labute approximate surface area is 171 Å². The number of rotatable bonds is 12. The lowest BCUT2D eigenvalue weighted by atomic mass is 10.2. The van der Waals surface area contributed by atoms with Crippen LogP contribution in [0.2, 0.25) is 0 Å². The van der Waals surface area contributed by atoms with E-state index in [1.807, 2.05) is 5.32 Å². The molecule has 1 rings (SSSR count). The Kier molecular flexibility index (Phi) is 9.64. The summed E-state index contributed by atoms with van der Waals surface area (Å²) in [5, 5.41) is 38.4. The molecule has 1 heterocycles. The molecule has 0 bridgehead atoms. The van der Waals surface area contributed by atoms with Crippen LogP contribution in [0.25, 0.3) is 0 Å². The number of aromatic nitrogens is 2. The average molecular weight is 430 g/mol. The third-order valence-corrected chi connectivity index (χ3v) is 3.81. The van der Waals surface area contributed by atoms with Crippen LogP contribution in [0.3, 0.4) is 0 Å². The van der Waals surface area contributed by atoms with Crippen molar-refractivity contribution in [2.45, 2.75) is 57.3 Å². The number of carbonyl (C=O) groups excluding carboxylic acids is 3. The highest BCUT2D eigenvalue weighted by Crippen LogP contribution is 2.17. The van der Waals surface area contributed by atoms with Crippen molar-refractivity contribution in [2.75, 3.05) is 6.61 Å². The predicted octanol–water partition coefficient (Wildman–Crippen LogP) is -1.93. The summed E-state index contributed by atoms with van der Waals surface area (Å²) < 4.78 is 5.01. The highest BCUT2D eigenvalue weighted by atomic mass is 16.5. The molecular formula is C16H26N6O8. The zero-order chi connectivity index (χ0) is 22.8. The van der Waals surface area contributed by atoms with Gasteiger partial charge in [-0.25, -0.2) is 9.59 Å². The van der Waals surface area contributed by atoms with Crippen molar-refractivity contribution < 1.29 is 39.0 Å². The van der Waals surface area contributed by atoms with E-state index in [2.05, 4.69) is 20.8 Å². The van der Waals surface area contributed by atoms with Gasteiger partial charge in [-0.15, -0.1) is 0 Å². The molecule has 0 aromatic carbocycles. The molecule has 0 aliphatic heterocycles. The van der Waals surface area contributed by atoms with Crippen molar-refractivity contribution in [2.24, 2.45) is 5.73 Å². The number of aliphatic hydroxyl groups excluding tert-OH is 2. The van der Waals surface area contributed by atoms with Crippen molar-refractivity contribution in [3.63, 3.8) is 0 Å². The van der Waals surface area contributed by atoms with Gasteiger partial charge in [-0.3, -0.25) is 9.59 Å². The van der Waals surface area contributed by atoms with Gasteiger partial charge in [0.15, 0.2) is 11.9 Å². The van der Waals surface area contributed by atoms with Crippen molar-refractivity contribution in [3.05, 3.63) is 11.7 Å². The van der Waals surface area contributed by atoms with Gasteiger partial charge in [0.2, 0.25) is 17.7 Å². The van der Waals surface area contributed by atoms with Crippen LogP contribution >= 0.6 is 0 Å². The number of aliphatic hydroxyl groups is 2. The molecule has 0 aliphatic rings. The zero-order valence-electron chi connectivity index (χ0n) is 16.5. The smallest absolute Gasteiger partial charge is 0.328 e. The highest BCUT2D eigenvalue weighted by molar-refractivity contribution is 5.83. The summed E-state index contributed by atoms with van der Waals surface area (Å²) in [6.45, 7) is 2.45. The van der Waals surface area contributed by atoms with Gasteiger partial charge in [0.25, 0.3) is 0 Å². The van der Waals surface area contributed by atoms with Gasteiger partial charge in [0.1, 0.15) is 12.1 Å². The number of carboxylic acid groups (broad SMARTS) is 1. The van der Waals surface area contributed by atoms with E-state index < -0.39 is 55.2 Å². The summed E-state index contributed by atoms with van der Waals surface area (Å²) in [5.74, 6) is -3.00. The fraction of sp³-hybridized carbons (Fsp3) is 0.625. The third-order valence-electron chi connectivity index (χ3n) is 3.81. The molecule has 4 atom stereocenters. The summed E-state index contributed by atoms with van der Waals surface area (Å²) in [6, 6.07) is -4.84. The number of amides is 4. The van der Waals surface area contributed by atoms with Crippen LogP contribution in [0.5, 0.6) is 0 Å². The standard InChI is InChI=1S/C16H26N6O8/c1-3-4-11(26)18-9(6-23)13-21-14(30-22-13)8(5-10(17)25)19-16(29)20-12(7(2)24)15(27)28/h7-9,12,23-24H,3-6H2,1-2H3,(H2,17,25)(H,18,26)(H,27,28)(H2,19,20,29). The number of carboxylic acids is 1. The van der Waals surface area contributed by atoms with Crippen LogP contribution in [-0.4, -0.2) is 68.0 Å². The van der Waals surface area contributed by atoms with Gasteiger partial charge in [-0.05, 0) is 13.3 Å². The molecule has 0 saturated heterocycles. The number of nitrogens with one attached hydrogen (secondary N) is 3. The molecule has 0 spiro atoms. The summed E-state index contributed by atoms with van der Waals surface area (Å²) in [7, 11) is 0. The number of hydrogen-bond acceptors (Lipinski definition) is 9. The number of hydrogen-bond donors (Lipinski definition) is 7. The van der Waals surface area contributed by atoms with Gasteiger partial charge in [-0.2, -0.15) is 4.98 Å². The Morgan fingerprint density at radius 1 is 1.17 bits per heavy atom. The van der Waals surface area contributed by atoms with E-state index in [9.17, 15) is 29.4 Å². The van der Waals surface area contributed by atoms with E-state index >= 15 is 0 Å². The minimum Gasteiger partial charge on any atom is -0.480 e. The summed E-state index contributed by atoms with van der Waals surface area (Å²) in [4.78, 5) is 50.2. The minimum atomic E-state index is -1.61. The second-order valence-electron chi connectivity index (χ2n) is 6.44. The fourth-order valence-corrected chi connectivity index (χ4v) is 2.35. The van der Waals surface area contributed by atoms with E-state index in [0.29, 0.717) is 6.42 Å². The topological polar surface area (TPSA) is 230 Å². The largest absolute Gasteiger partial charge is 0.480 e. The van der Waals surface area contributed by atoms with Crippen molar-refractivity contribution in [3.8, 4) is 0 Å². The Morgan fingerprint density at radius 3 is 2.33 bits per heavy atom. The number of nitrogens with zero attached hydrogens (tertiary/aromatic N) is 2. The quantitative estimate of drug-likeness (QED) is 0.194. The first kappa shape index (κ1) is 24.8. The lowest BCUT2D eigenvalue weighted by molar-refractivity contribution is -0.141.